The molecule has 1 heteroatoms. The van der Waals surface area contributed by atoms with Crippen LogP contribution in [-0.4, -0.2) is 0 Å². The van der Waals surface area contributed by atoms with Crippen LogP contribution in [0.5, 0.6) is 0 Å². The largest absolute Gasteiger partial charge is 0.198 e. The Labute approximate surface area is 62.0 Å². The van der Waals surface area contributed by atoms with Gasteiger partial charge in [-0.3, -0.25) is 0 Å². The van der Waals surface area contributed by atoms with Crippen LogP contribution in [-0.2, 0) is 0 Å². The van der Waals surface area contributed by atoms with Gasteiger partial charge in [-0.1, -0.05) is 0 Å². The van der Waals surface area contributed by atoms with E-state index in [4.69, 9.17) is 5.26 Å². The predicted octanol–water partition coefficient (Wildman–Crippen LogP) is 2.48. The fourth-order valence-corrected chi connectivity index (χ4v) is 2.73. The Morgan fingerprint density at radius 2 is 2.10 bits per heavy atom. The summed E-state index contributed by atoms with van der Waals surface area (Å²) < 4.78 is 0. The first kappa shape index (κ1) is 6.22. The van der Waals surface area contributed by atoms with Crippen molar-refractivity contribution in [2.45, 2.75) is 38.5 Å². The van der Waals surface area contributed by atoms with E-state index in [1.54, 1.807) is 0 Å². The van der Waals surface area contributed by atoms with Crippen LogP contribution < -0.4 is 0 Å². The van der Waals surface area contributed by atoms with Crippen LogP contribution in [0.2, 0.25) is 0 Å². The first-order valence-corrected chi connectivity index (χ1v) is 4.22. The van der Waals surface area contributed by atoms with Crippen LogP contribution in [0.4, 0.5) is 0 Å². The van der Waals surface area contributed by atoms with Crippen LogP contribution in [0, 0.1) is 22.7 Å². The Morgan fingerprint density at radius 3 is 2.50 bits per heavy atom. The fourth-order valence-electron chi connectivity index (χ4n) is 2.73. The molecule has 2 rings (SSSR count). The molecule has 0 aromatic rings. The van der Waals surface area contributed by atoms with Crippen molar-refractivity contribution in [1.82, 2.24) is 0 Å². The van der Waals surface area contributed by atoms with Crippen LogP contribution >= 0.6 is 0 Å². The van der Waals surface area contributed by atoms with E-state index in [9.17, 15) is 0 Å². The minimum Gasteiger partial charge on any atom is -0.198 e. The third-order valence-electron chi connectivity index (χ3n) is 3.34. The molecule has 0 amide bonds. The zero-order chi connectivity index (χ0) is 7.03. The number of hydrogen-bond donors (Lipinski definition) is 0. The quantitative estimate of drug-likeness (QED) is 0.542. The van der Waals surface area contributed by atoms with Gasteiger partial charge in [-0.15, -0.1) is 0 Å². The first-order chi connectivity index (χ1) is 4.85. The van der Waals surface area contributed by atoms with Crippen molar-refractivity contribution in [3.05, 3.63) is 0 Å². The minimum absolute atomic E-state index is 0.499. The fraction of sp³-hybridized carbons (Fsp3) is 0.889. The summed E-state index contributed by atoms with van der Waals surface area (Å²) in [4.78, 5) is 0. The van der Waals surface area contributed by atoms with Gasteiger partial charge in [0.05, 0.1) is 6.07 Å². The van der Waals surface area contributed by atoms with Crippen molar-refractivity contribution in [1.29, 1.82) is 5.26 Å². The highest BCUT2D eigenvalue weighted by Crippen LogP contribution is 2.55. The zero-order valence-electron chi connectivity index (χ0n) is 6.27. The summed E-state index contributed by atoms with van der Waals surface area (Å²) in [5, 5.41) is 8.59. The molecule has 2 aliphatic carbocycles. The standard InChI is InChI=1S/C9H13N/c10-6-5-9-3-1-8(7-9)2-4-9/h8H,1-5,7H2. The molecule has 2 saturated carbocycles. The van der Waals surface area contributed by atoms with Gasteiger partial charge in [-0.25, -0.2) is 0 Å². The SMILES string of the molecule is N#CCC12CCC(CC1)C2. The molecule has 10 heavy (non-hydrogen) atoms. The van der Waals surface area contributed by atoms with Gasteiger partial charge in [0.1, 0.15) is 0 Å². The van der Waals surface area contributed by atoms with E-state index < -0.39 is 0 Å². The molecule has 2 fully saturated rings. The van der Waals surface area contributed by atoms with Gasteiger partial charge < -0.3 is 0 Å². The van der Waals surface area contributed by atoms with E-state index in [0.717, 1.165) is 12.3 Å². The Bertz CT molecular complexity index is 170. The van der Waals surface area contributed by atoms with E-state index in [-0.39, 0.29) is 0 Å². The average Bonchev–Trinajstić information content (AvgIpc) is 2.46. The summed E-state index contributed by atoms with van der Waals surface area (Å²) in [6.07, 6.45) is 7.67. The van der Waals surface area contributed by atoms with Crippen molar-refractivity contribution in [2.24, 2.45) is 11.3 Å². The van der Waals surface area contributed by atoms with E-state index in [0.29, 0.717) is 5.41 Å². The molecule has 2 bridgehead atoms. The van der Waals surface area contributed by atoms with Gasteiger partial charge in [0.25, 0.3) is 0 Å². The molecule has 0 radical (unpaired) electrons. The molecular weight excluding hydrogens is 122 g/mol. The second kappa shape index (κ2) is 1.99. The van der Waals surface area contributed by atoms with Gasteiger partial charge >= 0.3 is 0 Å². The Hall–Kier alpha value is -0.510. The van der Waals surface area contributed by atoms with E-state index in [1.165, 1.54) is 32.1 Å². The number of fused-ring (bicyclic) bond motifs is 2. The van der Waals surface area contributed by atoms with E-state index in [1.807, 2.05) is 0 Å². The second-order valence-electron chi connectivity index (χ2n) is 3.98. The lowest BCUT2D eigenvalue weighted by molar-refractivity contribution is 0.302. The molecule has 0 heterocycles. The van der Waals surface area contributed by atoms with Gasteiger partial charge in [-0.2, -0.15) is 5.26 Å². The monoisotopic (exact) mass is 135 g/mol. The lowest BCUT2D eigenvalue weighted by atomic mass is 9.82. The van der Waals surface area contributed by atoms with Crippen molar-refractivity contribution < 1.29 is 0 Å². The molecule has 0 saturated heterocycles. The maximum atomic E-state index is 8.59. The molecule has 0 atom stereocenters. The van der Waals surface area contributed by atoms with Crippen molar-refractivity contribution in [3.8, 4) is 6.07 Å². The summed E-state index contributed by atoms with van der Waals surface area (Å²) >= 11 is 0. The average molecular weight is 135 g/mol. The lowest BCUT2D eigenvalue weighted by Crippen LogP contribution is -2.12. The molecule has 0 aromatic heterocycles. The van der Waals surface area contributed by atoms with Crippen molar-refractivity contribution >= 4 is 0 Å². The third-order valence-corrected chi connectivity index (χ3v) is 3.34. The topological polar surface area (TPSA) is 23.8 Å². The Kier molecular flexibility index (Phi) is 1.23. The first-order valence-electron chi connectivity index (χ1n) is 4.22. The Balaban J connectivity index is 2.10. The van der Waals surface area contributed by atoms with Gasteiger partial charge in [0.2, 0.25) is 0 Å². The van der Waals surface area contributed by atoms with Crippen molar-refractivity contribution in [3.63, 3.8) is 0 Å². The Morgan fingerprint density at radius 1 is 1.40 bits per heavy atom. The zero-order valence-corrected chi connectivity index (χ0v) is 6.27. The molecule has 0 spiro atoms. The van der Waals surface area contributed by atoms with Gasteiger partial charge in [0.15, 0.2) is 0 Å². The summed E-state index contributed by atoms with van der Waals surface area (Å²) in [5.41, 5.74) is 0.499. The summed E-state index contributed by atoms with van der Waals surface area (Å²) in [6.45, 7) is 0. The number of nitriles is 1. The molecule has 1 nitrogen and oxygen atoms in total. The molecule has 2 aliphatic rings. The van der Waals surface area contributed by atoms with Crippen LogP contribution in [0.1, 0.15) is 38.5 Å². The highest BCUT2D eigenvalue weighted by atomic mass is 14.5. The van der Waals surface area contributed by atoms with Gasteiger partial charge in [0, 0.05) is 6.42 Å². The van der Waals surface area contributed by atoms with Crippen molar-refractivity contribution in [2.75, 3.05) is 0 Å². The number of rotatable bonds is 1. The smallest absolute Gasteiger partial charge is 0.0627 e. The van der Waals surface area contributed by atoms with Crippen LogP contribution in [0.15, 0.2) is 0 Å². The maximum Gasteiger partial charge on any atom is 0.0627 e. The maximum absolute atomic E-state index is 8.59. The minimum atomic E-state index is 0.499. The number of hydrogen-bond acceptors (Lipinski definition) is 1. The summed E-state index contributed by atoms with van der Waals surface area (Å²) in [7, 11) is 0. The highest BCUT2D eigenvalue weighted by molar-refractivity contribution is 4.99. The lowest BCUT2D eigenvalue weighted by Gasteiger charge is -2.22. The third kappa shape index (κ3) is 0.751. The van der Waals surface area contributed by atoms with E-state index in [2.05, 4.69) is 6.07 Å². The second-order valence-corrected chi connectivity index (χ2v) is 3.98. The molecular formula is C9H13N. The highest BCUT2D eigenvalue weighted by Gasteiger charge is 2.44. The van der Waals surface area contributed by atoms with E-state index >= 15 is 0 Å². The van der Waals surface area contributed by atoms with Crippen LogP contribution in [0.25, 0.3) is 0 Å². The molecule has 0 unspecified atom stereocenters. The summed E-state index contributed by atoms with van der Waals surface area (Å²) in [5.74, 6) is 0.994. The predicted molar refractivity (Wildman–Crippen MR) is 39.2 cm³/mol. The molecule has 0 aromatic carbocycles. The molecule has 0 aliphatic heterocycles. The number of nitrogens with zero attached hydrogens (tertiary/aromatic N) is 1. The van der Waals surface area contributed by atoms with Gasteiger partial charge in [-0.05, 0) is 43.4 Å². The van der Waals surface area contributed by atoms with Crippen LogP contribution in [0.3, 0.4) is 0 Å². The molecule has 54 valence electrons. The normalized spacial score (nSPS) is 43.7. The summed E-state index contributed by atoms with van der Waals surface area (Å²) in [6, 6.07) is 2.33. The molecule has 0 N–H and O–H groups in total.